The van der Waals surface area contributed by atoms with Gasteiger partial charge in [-0.15, -0.1) is 5.10 Å². The highest BCUT2D eigenvalue weighted by Gasteiger charge is 2.34. The molecular formula is C8H13N3S2. The van der Waals surface area contributed by atoms with Crippen LogP contribution in [0.3, 0.4) is 0 Å². The van der Waals surface area contributed by atoms with Crippen LogP contribution in [0.15, 0.2) is 5.38 Å². The van der Waals surface area contributed by atoms with E-state index in [9.17, 15) is 0 Å². The monoisotopic (exact) mass is 215 g/mol. The van der Waals surface area contributed by atoms with Gasteiger partial charge < -0.3 is 5.73 Å². The minimum atomic E-state index is 0.260. The largest absolute Gasteiger partial charge is 0.329 e. The maximum Gasteiger partial charge on any atom is 0.0769 e. The average Bonchev–Trinajstić information content (AvgIpc) is 2.77. The minimum Gasteiger partial charge on any atom is -0.329 e. The normalized spacial score (nSPS) is 28.1. The molecule has 1 aliphatic rings. The van der Waals surface area contributed by atoms with Gasteiger partial charge in [-0.3, -0.25) is 0 Å². The van der Waals surface area contributed by atoms with Gasteiger partial charge in [0.05, 0.1) is 5.69 Å². The Morgan fingerprint density at radius 3 is 3.08 bits per heavy atom. The van der Waals surface area contributed by atoms with Crippen LogP contribution in [-0.4, -0.2) is 26.6 Å². The van der Waals surface area contributed by atoms with Gasteiger partial charge in [-0.1, -0.05) is 4.49 Å². The average molecular weight is 215 g/mol. The third-order valence-electron chi connectivity index (χ3n) is 2.47. The number of nitrogens with two attached hydrogens (primary N) is 1. The zero-order valence-electron chi connectivity index (χ0n) is 7.40. The lowest BCUT2D eigenvalue weighted by atomic mass is 9.98. The van der Waals surface area contributed by atoms with Crippen molar-refractivity contribution in [3.05, 3.63) is 11.1 Å². The molecule has 0 saturated carbocycles. The van der Waals surface area contributed by atoms with Crippen LogP contribution in [0, 0.1) is 0 Å². The van der Waals surface area contributed by atoms with Gasteiger partial charge in [0.1, 0.15) is 0 Å². The van der Waals surface area contributed by atoms with Crippen LogP contribution in [0.1, 0.15) is 18.5 Å². The van der Waals surface area contributed by atoms with E-state index in [1.165, 1.54) is 30.1 Å². The Balaban J connectivity index is 2.06. The molecule has 0 radical (unpaired) electrons. The first-order valence-electron chi connectivity index (χ1n) is 4.45. The third-order valence-corrected chi connectivity index (χ3v) is 4.64. The fourth-order valence-electron chi connectivity index (χ4n) is 1.72. The summed E-state index contributed by atoms with van der Waals surface area (Å²) in [5, 5.41) is 6.10. The summed E-state index contributed by atoms with van der Waals surface area (Å²) in [4.78, 5) is 0. The first kappa shape index (κ1) is 9.43. The highest BCUT2D eigenvalue weighted by Crippen LogP contribution is 2.39. The molecule has 1 atom stereocenters. The van der Waals surface area contributed by atoms with Gasteiger partial charge in [-0.05, 0) is 30.1 Å². The fourth-order valence-corrected chi connectivity index (χ4v) is 3.55. The quantitative estimate of drug-likeness (QED) is 0.826. The summed E-state index contributed by atoms with van der Waals surface area (Å²) >= 11 is 3.42. The first-order valence-corrected chi connectivity index (χ1v) is 6.27. The highest BCUT2D eigenvalue weighted by molar-refractivity contribution is 8.00. The second-order valence-corrected chi connectivity index (χ2v) is 5.58. The van der Waals surface area contributed by atoms with E-state index in [0.29, 0.717) is 0 Å². The van der Waals surface area contributed by atoms with Crippen molar-refractivity contribution < 1.29 is 0 Å². The maximum atomic E-state index is 5.82. The van der Waals surface area contributed by atoms with Crippen LogP contribution < -0.4 is 5.73 Å². The number of hydrogen-bond acceptors (Lipinski definition) is 5. The number of aromatic nitrogens is 2. The van der Waals surface area contributed by atoms with E-state index < -0.39 is 0 Å². The summed E-state index contributed by atoms with van der Waals surface area (Å²) in [6, 6.07) is 0. The summed E-state index contributed by atoms with van der Waals surface area (Å²) in [7, 11) is 0. The zero-order chi connectivity index (χ0) is 9.15. The van der Waals surface area contributed by atoms with Gasteiger partial charge in [-0.25, -0.2) is 0 Å². The molecule has 1 saturated heterocycles. The Labute approximate surface area is 86.3 Å². The van der Waals surface area contributed by atoms with E-state index in [2.05, 4.69) is 9.59 Å². The van der Waals surface area contributed by atoms with Gasteiger partial charge in [0.25, 0.3) is 0 Å². The lowest BCUT2D eigenvalue weighted by molar-refractivity contribution is 0.557. The van der Waals surface area contributed by atoms with Crippen LogP contribution in [0.5, 0.6) is 0 Å². The zero-order valence-corrected chi connectivity index (χ0v) is 9.03. The molecule has 1 aromatic rings. The van der Waals surface area contributed by atoms with Crippen molar-refractivity contribution in [3.8, 4) is 0 Å². The summed E-state index contributed by atoms with van der Waals surface area (Å²) < 4.78 is 4.13. The fraction of sp³-hybridized carbons (Fsp3) is 0.750. The van der Waals surface area contributed by atoms with Gasteiger partial charge in [0.2, 0.25) is 0 Å². The molecule has 0 spiro atoms. The van der Waals surface area contributed by atoms with Crippen LogP contribution in [0.4, 0.5) is 0 Å². The molecule has 2 N–H and O–H groups in total. The predicted octanol–water partition coefficient (Wildman–Crippen LogP) is 1.31. The second kappa shape index (κ2) is 3.94. The maximum absolute atomic E-state index is 5.82. The Kier molecular flexibility index (Phi) is 2.86. The molecule has 72 valence electrons. The van der Waals surface area contributed by atoms with Crippen LogP contribution in [0.2, 0.25) is 0 Å². The van der Waals surface area contributed by atoms with Crippen molar-refractivity contribution in [2.45, 2.75) is 24.0 Å². The van der Waals surface area contributed by atoms with E-state index in [0.717, 1.165) is 18.7 Å². The number of thioether (sulfide) groups is 1. The molecule has 2 rings (SSSR count). The number of nitrogens with zero attached hydrogens (tertiary/aromatic N) is 2. The van der Waals surface area contributed by atoms with Crippen LogP contribution >= 0.6 is 23.3 Å². The van der Waals surface area contributed by atoms with E-state index in [1.54, 1.807) is 0 Å². The Hall–Kier alpha value is -0.130. The van der Waals surface area contributed by atoms with Crippen molar-refractivity contribution in [3.63, 3.8) is 0 Å². The third kappa shape index (κ3) is 2.03. The van der Waals surface area contributed by atoms with Crippen LogP contribution in [-0.2, 0) is 6.42 Å². The number of hydrogen-bond donors (Lipinski definition) is 1. The molecule has 0 bridgehead atoms. The molecule has 13 heavy (non-hydrogen) atoms. The molecule has 0 amide bonds. The lowest BCUT2D eigenvalue weighted by Crippen LogP contribution is -2.34. The van der Waals surface area contributed by atoms with Crippen molar-refractivity contribution in [1.29, 1.82) is 0 Å². The molecular weight excluding hydrogens is 202 g/mol. The first-order chi connectivity index (χ1) is 6.35. The van der Waals surface area contributed by atoms with Gasteiger partial charge in [-0.2, -0.15) is 11.8 Å². The Morgan fingerprint density at radius 2 is 2.54 bits per heavy atom. The Bertz CT molecular complexity index is 254. The standard InChI is InChI=1S/C8H13N3S2/c9-6-8(2-1-3-12-8)4-7-5-13-11-10-7/h5H,1-4,6,9H2. The number of rotatable bonds is 3. The lowest BCUT2D eigenvalue weighted by Gasteiger charge is -2.24. The molecule has 1 aliphatic heterocycles. The second-order valence-electron chi connectivity index (χ2n) is 3.41. The van der Waals surface area contributed by atoms with E-state index in [-0.39, 0.29) is 4.75 Å². The predicted molar refractivity (Wildman–Crippen MR) is 57.1 cm³/mol. The van der Waals surface area contributed by atoms with Crippen molar-refractivity contribution in [2.24, 2.45) is 5.73 Å². The minimum absolute atomic E-state index is 0.260. The van der Waals surface area contributed by atoms with Gasteiger partial charge in [0, 0.05) is 23.1 Å². The smallest absolute Gasteiger partial charge is 0.0769 e. The molecule has 0 aliphatic carbocycles. The van der Waals surface area contributed by atoms with Crippen molar-refractivity contribution >= 4 is 23.3 Å². The molecule has 0 aromatic carbocycles. The van der Waals surface area contributed by atoms with E-state index in [1.807, 2.05) is 17.1 Å². The van der Waals surface area contributed by atoms with E-state index >= 15 is 0 Å². The topological polar surface area (TPSA) is 51.8 Å². The molecule has 1 unspecified atom stereocenters. The SMILES string of the molecule is NCC1(Cc2csnn2)CCCS1. The summed E-state index contributed by atoms with van der Waals surface area (Å²) in [5.41, 5.74) is 6.92. The molecule has 2 heterocycles. The van der Waals surface area contributed by atoms with E-state index in [4.69, 9.17) is 5.73 Å². The Morgan fingerprint density at radius 1 is 1.62 bits per heavy atom. The van der Waals surface area contributed by atoms with Gasteiger partial charge >= 0.3 is 0 Å². The van der Waals surface area contributed by atoms with Crippen molar-refractivity contribution in [2.75, 3.05) is 12.3 Å². The summed E-state index contributed by atoms with van der Waals surface area (Å²) in [5.74, 6) is 1.24. The molecule has 1 fully saturated rings. The highest BCUT2D eigenvalue weighted by atomic mass is 32.2. The molecule has 3 nitrogen and oxygen atoms in total. The molecule has 5 heteroatoms. The van der Waals surface area contributed by atoms with Crippen molar-refractivity contribution in [1.82, 2.24) is 9.59 Å². The van der Waals surface area contributed by atoms with Gasteiger partial charge in [0.15, 0.2) is 0 Å². The summed E-state index contributed by atoms with van der Waals surface area (Å²) in [6.45, 7) is 0.759. The van der Waals surface area contributed by atoms with Crippen LogP contribution in [0.25, 0.3) is 0 Å². The summed E-state index contributed by atoms with van der Waals surface area (Å²) in [6.07, 6.45) is 3.51. The molecule has 1 aromatic heterocycles.